The molecule has 3 N–H and O–H groups in total. The van der Waals surface area contributed by atoms with E-state index in [1.807, 2.05) is 6.07 Å². The van der Waals surface area contributed by atoms with Crippen LogP contribution in [0.2, 0.25) is 0 Å². The Hall–Kier alpha value is -1.55. The Bertz CT molecular complexity index is 641. The molecule has 3 atom stereocenters. The van der Waals surface area contributed by atoms with Crippen molar-refractivity contribution in [2.45, 2.75) is 75.8 Å². The Labute approximate surface area is 144 Å². The van der Waals surface area contributed by atoms with Crippen molar-refractivity contribution in [2.24, 2.45) is 11.7 Å². The molecule has 4 heteroatoms. The first kappa shape index (κ1) is 15.9. The van der Waals surface area contributed by atoms with Gasteiger partial charge in [-0.3, -0.25) is 0 Å². The molecule has 3 aliphatic rings. The van der Waals surface area contributed by atoms with E-state index in [4.69, 9.17) is 10.5 Å². The highest BCUT2D eigenvalue weighted by molar-refractivity contribution is 5.71. The standard InChI is InChI=1S/C20H28N2O2/c1-20-10-4-2-3-5-14(18(20)21)11-13-6-9-16(12-17(13)20)24-19(23)22-15-7-8-15/h6,9,12,14-15,18H,2-5,7-8,10-11,21H2,1H3,(H,22,23)/t14?,18-,20+/m0/s1. The minimum absolute atomic E-state index is 0.00892. The van der Waals surface area contributed by atoms with Crippen LogP contribution in [-0.2, 0) is 11.8 Å². The molecule has 1 aromatic rings. The molecular weight excluding hydrogens is 300 g/mol. The van der Waals surface area contributed by atoms with E-state index in [-0.39, 0.29) is 17.6 Å². The SMILES string of the molecule is C[C@@]12CCCCCC(Cc3ccc(OC(=O)NC4CC4)cc31)[C@@H]2N. The molecular formula is C20H28N2O2. The van der Waals surface area contributed by atoms with Gasteiger partial charge in [-0.05, 0) is 61.3 Å². The highest BCUT2D eigenvalue weighted by atomic mass is 16.6. The average molecular weight is 328 g/mol. The fourth-order valence-corrected chi connectivity index (χ4v) is 4.63. The van der Waals surface area contributed by atoms with Crippen LogP contribution in [0.3, 0.4) is 0 Å². The van der Waals surface area contributed by atoms with Gasteiger partial charge in [-0.2, -0.15) is 0 Å². The molecule has 0 saturated heterocycles. The number of carbonyl (C=O) groups is 1. The van der Waals surface area contributed by atoms with Gasteiger partial charge in [-0.25, -0.2) is 4.79 Å². The number of ether oxygens (including phenoxy) is 1. The van der Waals surface area contributed by atoms with Crippen molar-refractivity contribution in [3.63, 3.8) is 0 Å². The van der Waals surface area contributed by atoms with E-state index in [1.165, 1.54) is 36.8 Å². The summed E-state index contributed by atoms with van der Waals surface area (Å²) < 4.78 is 5.51. The number of rotatable bonds is 2. The van der Waals surface area contributed by atoms with Crippen molar-refractivity contribution in [1.82, 2.24) is 5.32 Å². The Balaban J connectivity index is 1.62. The van der Waals surface area contributed by atoms with E-state index in [1.54, 1.807) is 0 Å². The normalized spacial score (nSPS) is 32.2. The molecule has 0 aromatic heterocycles. The topological polar surface area (TPSA) is 64.3 Å². The quantitative estimate of drug-likeness (QED) is 0.871. The Morgan fingerprint density at radius 2 is 2.08 bits per heavy atom. The van der Waals surface area contributed by atoms with Gasteiger partial charge >= 0.3 is 6.09 Å². The lowest BCUT2D eigenvalue weighted by Crippen LogP contribution is -2.52. The Morgan fingerprint density at radius 3 is 2.88 bits per heavy atom. The minimum Gasteiger partial charge on any atom is -0.410 e. The number of hydrogen-bond donors (Lipinski definition) is 2. The van der Waals surface area contributed by atoms with Gasteiger partial charge in [0.2, 0.25) is 0 Å². The van der Waals surface area contributed by atoms with Gasteiger partial charge in [0.05, 0.1) is 0 Å². The van der Waals surface area contributed by atoms with Crippen molar-refractivity contribution in [2.75, 3.05) is 0 Å². The summed E-state index contributed by atoms with van der Waals surface area (Å²) in [6, 6.07) is 6.66. The molecule has 0 spiro atoms. The summed E-state index contributed by atoms with van der Waals surface area (Å²) in [5.74, 6) is 1.22. The van der Waals surface area contributed by atoms with Gasteiger partial charge in [-0.1, -0.05) is 32.3 Å². The van der Waals surface area contributed by atoms with E-state index in [9.17, 15) is 4.79 Å². The van der Waals surface area contributed by atoms with Gasteiger partial charge in [0, 0.05) is 17.5 Å². The highest BCUT2D eigenvalue weighted by Gasteiger charge is 2.43. The fourth-order valence-electron chi connectivity index (χ4n) is 4.63. The zero-order valence-electron chi connectivity index (χ0n) is 14.5. The maximum atomic E-state index is 11.9. The zero-order chi connectivity index (χ0) is 16.7. The summed E-state index contributed by atoms with van der Waals surface area (Å²) in [5, 5.41) is 2.88. The van der Waals surface area contributed by atoms with Crippen LogP contribution in [0, 0.1) is 5.92 Å². The summed E-state index contributed by atoms with van der Waals surface area (Å²) >= 11 is 0. The second kappa shape index (κ2) is 6.07. The van der Waals surface area contributed by atoms with E-state index in [0.717, 1.165) is 25.7 Å². The molecule has 1 unspecified atom stereocenters. The molecule has 2 fully saturated rings. The number of hydrogen-bond acceptors (Lipinski definition) is 3. The van der Waals surface area contributed by atoms with Crippen LogP contribution in [-0.4, -0.2) is 18.2 Å². The van der Waals surface area contributed by atoms with Crippen molar-refractivity contribution in [3.05, 3.63) is 29.3 Å². The van der Waals surface area contributed by atoms with Gasteiger partial charge in [0.1, 0.15) is 5.75 Å². The molecule has 0 heterocycles. The van der Waals surface area contributed by atoms with Crippen LogP contribution < -0.4 is 15.8 Å². The van der Waals surface area contributed by atoms with Crippen LogP contribution in [0.5, 0.6) is 5.75 Å². The second-order valence-corrected chi connectivity index (χ2v) is 8.13. The molecule has 4 rings (SSSR count). The Kier molecular flexibility index (Phi) is 4.03. The number of fused-ring (bicyclic) bond motifs is 4. The van der Waals surface area contributed by atoms with E-state index in [2.05, 4.69) is 24.4 Å². The maximum absolute atomic E-state index is 11.9. The van der Waals surface area contributed by atoms with Crippen LogP contribution in [0.15, 0.2) is 18.2 Å². The number of benzene rings is 1. The fraction of sp³-hybridized carbons (Fsp3) is 0.650. The molecule has 3 aliphatic carbocycles. The van der Waals surface area contributed by atoms with Crippen molar-refractivity contribution >= 4 is 6.09 Å². The van der Waals surface area contributed by atoms with Gasteiger partial charge in [-0.15, -0.1) is 0 Å². The first-order chi connectivity index (χ1) is 11.6. The highest BCUT2D eigenvalue weighted by Crippen LogP contribution is 2.46. The largest absolute Gasteiger partial charge is 0.412 e. The molecule has 0 radical (unpaired) electrons. The third-order valence-electron chi connectivity index (χ3n) is 6.30. The third kappa shape index (κ3) is 2.92. The van der Waals surface area contributed by atoms with Crippen LogP contribution in [0.1, 0.15) is 63.0 Å². The van der Waals surface area contributed by atoms with Crippen LogP contribution in [0.4, 0.5) is 4.79 Å². The molecule has 2 saturated carbocycles. The molecule has 1 aromatic carbocycles. The lowest BCUT2D eigenvalue weighted by atomic mass is 9.60. The molecule has 1 amide bonds. The van der Waals surface area contributed by atoms with Crippen LogP contribution >= 0.6 is 0 Å². The Morgan fingerprint density at radius 1 is 1.25 bits per heavy atom. The molecule has 2 bridgehead atoms. The molecule has 130 valence electrons. The zero-order valence-corrected chi connectivity index (χ0v) is 14.5. The third-order valence-corrected chi connectivity index (χ3v) is 6.30. The average Bonchev–Trinajstić information content (AvgIpc) is 3.36. The summed E-state index contributed by atoms with van der Waals surface area (Å²) in [6.07, 6.45) is 9.03. The summed E-state index contributed by atoms with van der Waals surface area (Å²) in [7, 11) is 0. The smallest absolute Gasteiger partial charge is 0.410 e. The number of carbonyl (C=O) groups excluding carboxylic acids is 1. The van der Waals surface area contributed by atoms with Gasteiger partial charge in [0.25, 0.3) is 0 Å². The number of nitrogens with two attached hydrogens (primary N) is 1. The molecule has 24 heavy (non-hydrogen) atoms. The van der Waals surface area contributed by atoms with Crippen molar-refractivity contribution in [1.29, 1.82) is 0 Å². The van der Waals surface area contributed by atoms with Crippen molar-refractivity contribution in [3.8, 4) is 5.75 Å². The van der Waals surface area contributed by atoms with Crippen LogP contribution in [0.25, 0.3) is 0 Å². The number of nitrogens with one attached hydrogen (secondary N) is 1. The van der Waals surface area contributed by atoms with Gasteiger partial charge < -0.3 is 15.8 Å². The summed E-state index contributed by atoms with van der Waals surface area (Å²) in [6.45, 7) is 2.31. The first-order valence-electron chi connectivity index (χ1n) is 9.43. The molecule has 0 aliphatic heterocycles. The predicted molar refractivity (Wildman–Crippen MR) is 94.2 cm³/mol. The lowest BCUT2D eigenvalue weighted by molar-refractivity contribution is 0.195. The monoisotopic (exact) mass is 328 g/mol. The minimum atomic E-state index is -0.335. The number of amides is 1. The van der Waals surface area contributed by atoms with E-state index >= 15 is 0 Å². The van der Waals surface area contributed by atoms with E-state index < -0.39 is 0 Å². The van der Waals surface area contributed by atoms with Crippen molar-refractivity contribution < 1.29 is 9.53 Å². The first-order valence-corrected chi connectivity index (χ1v) is 9.43. The van der Waals surface area contributed by atoms with Gasteiger partial charge in [0.15, 0.2) is 0 Å². The lowest BCUT2D eigenvalue weighted by Gasteiger charge is -2.47. The summed E-state index contributed by atoms with van der Waals surface area (Å²) in [4.78, 5) is 11.9. The summed E-state index contributed by atoms with van der Waals surface area (Å²) in [5.41, 5.74) is 9.39. The predicted octanol–water partition coefficient (Wildman–Crippen LogP) is 3.66. The maximum Gasteiger partial charge on any atom is 0.412 e. The molecule has 4 nitrogen and oxygen atoms in total. The second-order valence-electron chi connectivity index (χ2n) is 8.13. The van der Waals surface area contributed by atoms with E-state index in [0.29, 0.717) is 17.7 Å².